The minimum absolute atomic E-state index is 0.0936. The smallest absolute Gasteiger partial charge is 0.245 e. The molecule has 4 rings (SSSR count). The summed E-state index contributed by atoms with van der Waals surface area (Å²) < 4.78 is 11.9. The first-order valence-electron chi connectivity index (χ1n) is 8.51. The molecule has 0 unspecified atom stereocenters. The molecule has 3 heterocycles. The van der Waals surface area contributed by atoms with Crippen molar-refractivity contribution in [3.05, 3.63) is 11.8 Å². The van der Waals surface area contributed by atoms with Crippen molar-refractivity contribution in [2.45, 2.75) is 43.8 Å². The average Bonchev–Trinajstić information content (AvgIpc) is 3.10. The van der Waals surface area contributed by atoms with Crippen molar-refractivity contribution >= 4 is 5.91 Å². The fourth-order valence-electron chi connectivity index (χ4n) is 3.56. The Labute approximate surface area is 136 Å². The monoisotopic (exact) mass is 320 g/mol. The Hall–Kier alpha value is -1.47. The molecule has 1 amide bonds. The van der Waals surface area contributed by atoms with Crippen LogP contribution in [-0.4, -0.2) is 65.7 Å². The second kappa shape index (κ2) is 5.87. The van der Waals surface area contributed by atoms with E-state index < -0.39 is 0 Å². The van der Waals surface area contributed by atoms with E-state index >= 15 is 0 Å². The lowest BCUT2D eigenvalue weighted by Gasteiger charge is -2.34. The van der Waals surface area contributed by atoms with Gasteiger partial charge in [-0.05, 0) is 45.7 Å². The fraction of sp³-hybridized carbons (Fsp3) is 0.812. The van der Waals surface area contributed by atoms with Gasteiger partial charge in [0.05, 0.1) is 12.6 Å². The van der Waals surface area contributed by atoms with Gasteiger partial charge in [0.1, 0.15) is 6.10 Å². The average molecular weight is 320 g/mol. The van der Waals surface area contributed by atoms with Gasteiger partial charge in [-0.3, -0.25) is 4.79 Å². The van der Waals surface area contributed by atoms with Crippen molar-refractivity contribution in [2.24, 2.45) is 5.92 Å². The van der Waals surface area contributed by atoms with Gasteiger partial charge in [0.25, 0.3) is 0 Å². The first-order chi connectivity index (χ1) is 11.1. The Balaban J connectivity index is 1.38. The lowest BCUT2D eigenvalue weighted by molar-refractivity contribution is -0.136. The summed E-state index contributed by atoms with van der Waals surface area (Å²) in [5.74, 6) is 2.52. The number of rotatable bonds is 4. The highest BCUT2D eigenvalue weighted by atomic mass is 16.5. The molecule has 7 heteroatoms. The number of hydrogen-bond acceptors (Lipinski definition) is 6. The van der Waals surface area contributed by atoms with Crippen LogP contribution in [-0.2, 0) is 9.53 Å². The summed E-state index contributed by atoms with van der Waals surface area (Å²) in [7, 11) is 3.83. The number of nitrogens with zero attached hydrogens (tertiary/aromatic N) is 4. The normalized spacial score (nSPS) is 30.7. The van der Waals surface area contributed by atoms with Crippen LogP contribution < -0.4 is 0 Å². The molecule has 23 heavy (non-hydrogen) atoms. The highest BCUT2D eigenvalue weighted by Gasteiger charge is 2.43. The van der Waals surface area contributed by atoms with Gasteiger partial charge in [-0.1, -0.05) is 0 Å². The van der Waals surface area contributed by atoms with E-state index in [2.05, 4.69) is 10.2 Å². The van der Waals surface area contributed by atoms with Gasteiger partial charge in [-0.15, -0.1) is 10.2 Å². The van der Waals surface area contributed by atoms with Crippen molar-refractivity contribution in [2.75, 3.05) is 33.7 Å². The number of carbonyl (C=O) groups excluding carboxylic acids is 1. The lowest BCUT2D eigenvalue weighted by atomic mass is 9.91. The molecule has 0 spiro atoms. The standard InChI is InChI=1S/C16H24N4O3/c1-19(2)9-14(21)20-6-5-11-7-12(22-13(11)8-20)16-18-17-15(23-16)10-3-4-10/h10-13H,3-9H2,1-2H3/t11-,12+,13+/m0/s1. The second-order valence-electron chi connectivity index (χ2n) is 7.28. The predicted molar refractivity (Wildman–Crippen MR) is 81.7 cm³/mol. The highest BCUT2D eigenvalue weighted by Crippen LogP contribution is 2.43. The van der Waals surface area contributed by atoms with Crippen LogP contribution in [0.2, 0.25) is 0 Å². The molecule has 0 N–H and O–H groups in total. The number of amides is 1. The van der Waals surface area contributed by atoms with Gasteiger partial charge in [0.2, 0.25) is 17.7 Å². The maximum absolute atomic E-state index is 12.2. The number of carbonyl (C=O) groups is 1. The maximum Gasteiger partial charge on any atom is 0.245 e. The van der Waals surface area contributed by atoms with E-state index in [1.807, 2.05) is 23.9 Å². The third-order valence-corrected chi connectivity index (χ3v) is 5.01. The van der Waals surface area contributed by atoms with E-state index in [1.165, 1.54) is 0 Å². The van der Waals surface area contributed by atoms with Crippen LogP contribution >= 0.6 is 0 Å². The van der Waals surface area contributed by atoms with Crippen molar-refractivity contribution in [3.63, 3.8) is 0 Å². The lowest BCUT2D eigenvalue weighted by Crippen LogP contribution is -2.47. The largest absolute Gasteiger partial charge is 0.422 e. The molecule has 1 aromatic heterocycles. The summed E-state index contributed by atoms with van der Waals surface area (Å²) >= 11 is 0. The van der Waals surface area contributed by atoms with Gasteiger partial charge in [0, 0.05) is 19.0 Å². The third-order valence-electron chi connectivity index (χ3n) is 5.01. The molecule has 0 bridgehead atoms. The number of ether oxygens (including phenoxy) is 1. The van der Waals surface area contributed by atoms with Crippen LogP contribution in [0, 0.1) is 5.92 Å². The number of hydrogen-bond donors (Lipinski definition) is 0. The van der Waals surface area contributed by atoms with E-state index in [1.54, 1.807) is 0 Å². The van der Waals surface area contributed by atoms with E-state index in [4.69, 9.17) is 9.15 Å². The molecule has 0 aromatic carbocycles. The van der Waals surface area contributed by atoms with Gasteiger partial charge >= 0.3 is 0 Å². The van der Waals surface area contributed by atoms with Crippen LogP contribution in [0.1, 0.15) is 49.5 Å². The molecule has 1 aromatic rings. The van der Waals surface area contributed by atoms with Gasteiger partial charge in [0.15, 0.2) is 0 Å². The van der Waals surface area contributed by atoms with Crippen LogP contribution in [0.4, 0.5) is 0 Å². The van der Waals surface area contributed by atoms with Gasteiger partial charge in [-0.25, -0.2) is 0 Å². The predicted octanol–water partition coefficient (Wildman–Crippen LogP) is 1.19. The number of piperidine rings is 1. The zero-order valence-electron chi connectivity index (χ0n) is 13.8. The number of likely N-dealkylation sites (N-methyl/N-ethyl adjacent to an activating group) is 1. The van der Waals surface area contributed by atoms with Crippen LogP contribution in [0.3, 0.4) is 0 Å². The first-order valence-corrected chi connectivity index (χ1v) is 8.51. The molecular weight excluding hydrogens is 296 g/mol. The summed E-state index contributed by atoms with van der Waals surface area (Å²) in [6.45, 7) is 1.95. The first kappa shape index (κ1) is 15.1. The Morgan fingerprint density at radius 3 is 2.78 bits per heavy atom. The molecule has 3 aliphatic rings. The summed E-state index contributed by atoms with van der Waals surface area (Å²) in [6.07, 6.45) is 4.21. The van der Waals surface area contributed by atoms with E-state index in [9.17, 15) is 4.79 Å². The number of fused-ring (bicyclic) bond motifs is 1. The minimum atomic E-state index is -0.103. The molecule has 1 aliphatic carbocycles. The number of aromatic nitrogens is 2. The second-order valence-corrected chi connectivity index (χ2v) is 7.28. The van der Waals surface area contributed by atoms with Crippen LogP contribution in [0.25, 0.3) is 0 Å². The van der Waals surface area contributed by atoms with Gasteiger partial charge in [-0.2, -0.15) is 0 Å². The summed E-state index contributed by atoms with van der Waals surface area (Å²) in [6, 6.07) is 0. The fourth-order valence-corrected chi connectivity index (χ4v) is 3.56. The summed E-state index contributed by atoms with van der Waals surface area (Å²) in [5, 5.41) is 8.33. The molecule has 1 saturated carbocycles. The zero-order chi connectivity index (χ0) is 16.0. The summed E-state index contributed by atoms with van der Waals surface area (Å²) in [4.78, 5) is 16.1. The van der Waals surface area contributed by atoms with Crippen molar-refractivity contribution in [1.29, 1.82) is 0 Å². The topological polar surface area (TPSA) is 71.7 Å². The Bertz CT molecular complexity index is 584. The zero-order valence-corrected chi connectivity index (χ0v) is 13.8. The SMILES string of the molecule is CN(C)CC(=O)N1CC[C@H]2C[C@H](c3nnc(C4CC4)o3)O[C@@H]2C1. The molecule has 2 saturated heterocycles. The quantitative estimate of drug-likeness (QED) is 0.830. The molecule has 2 aliphatic heterocycles. The van der Waals surface area contributed by atoms with Crippen molar-refractivity contribution < 1.29 is 13.9 Å². The third kappa shape index (κ3) is 3.12. The molecule has 0 radical (unpaired) electrons. The van der Waals surface area contributed by atoms with Crippen molar-refractivity contribution in [1.82, 2.24) is 20.0 Å². The molecule has 126 valence electrons. The van der Waals surface area contributed by atoms with E-state index in [0.717, 1.165) is 38.1 Å². The molecular formula is C16H24N4O3. The Kier molecular flexibility index (Phi) is 3.85. The van der Waals surface area contributed by atoms with Crippen LogP contribution in [0.15, 0.2) is 4.42 Å². The van der Waals surface area contributed by atoms with Crippen molar-refractivity contribution in [3.8, 4) is 0 Å². The molecule has 3 fully saturated rings. The Morgan fingerprint density at radius 1 is 1.26 bits per heavy atom. The maximum atomic E-state index is 12.2. The van der Waals surface area contributed by atoms with Crippen LogP contribution in [0.5, 0.6) is 0 Å². The minimum Gasteiger partial charge on any atom is -0.422 e. The summed E-state index contributed by atoms with van der Waals surface area (Å²) in [5.41, 5.74) is 0. The van der Waals surface area contributed by atoms with Gasteiger partial charge < -0.3 is 19.0 Å². The van der Waals surface area contributed by atoms with E-state index in [-0.39, 0.29) is 18.1 Å². The highest BCUT2D eigenvalue weighted by molar-refractivity contribution is 5.78. The van der Waals surface area contributed by atoms with E-state index in [0.29, 0.717) is 30.8 Å². The Morgan fingerprint density at radius 2 is 2.04 bits per heavy atom. The molecule has 7 nitrogen and oxygen atoms in total. The molecule has 3 atom stereocenters. The number of likely N-dealkylation sites (tertiary alicyclic amines) is 1.